The summed E-state index contributed by atoms with van der Waals surface area (Å²) in [5.41, 5.74) is 7.26. The third-order valence-electron chi connectivity index (χ3n) is 3.03. The molecule has 0 aliphatic heterocycles. The van der Waals surface area contributed by atoms with Crippen molar-refractivity contribution in [3.63, 3.8) is 0 Å². The fourth-order valence-electron chi connectivity index (χ4n) is 2.15. The highest BCUT2D eigenvalue weighted by Gasteiger charge is 2.20. The molecule has 0 aliphatic carbocycles. The maximum absolute atomic E-state index is 13.3. The molecule has 2 rings (SSSR count). The molecule has 0 saturated carbocycles. The number of benzene rings is 1. The summed E-state index contributed by atoms with van der Waals surface area (Å²) in [5.74, 6) is 0.985. The van der Waals surface area contributed by atoms with Crippen molar-refractivity contribution in [3.8, 4) is 11.1 Å². The van der Waals surface area contributed by atoms with E-state index in [-0.39, 0.29) is 11.7 Å². The average Bonchev–Trinajstić information content (AvgIpc) is 2.71. The van der Waals surface area contributed by atoms with E-state index in [1.807, 2.05) is 6.07 Å². The standard InChI is InChI=1S/C14H17FN2O/c1-3-5-9(2)13-12(14(16)17-18-13)10-6-4-7-11(15)8-10/h4,6-9H,3,5H2,1-2H3,(H2,16,17). The molecule has 0 saturated heterocycles. The molecule has 96 valence electrons. The van der Waals surface area contributed by atoms with Gasteiger partial charge in [-0.1, -0.05) is 37.6 Å². The Morgan fingerprint density at radius 3 is 2.89 bits per heavy atom. The maximum Gasteiger partial charge on any atom is 0.175 e. The van der Waals surface area contributed by atoms with Crippen LogP contribution in [0.2, 0.25) is 0 Å². The highest BCUT2D eigenvalue weighted by Crippen LogP contribution is 2.35. The van der Waals surface area contributed by atoms with Crippen molar-refractivity contribution in [3.05, 3.63) is 35.8 Å². The van der Waals surface area contributed by atoms with Gasteiger partial charge in [-0.05, 0) is 24.1 Å². The minimum atomic E-state index is -0.290. The number of hydrogen-bond acceptors (Lipinski definition) is 3. The molecule has 1 aromatic carbocycles. The Morgan fingerprint density at radius 1 is 1.44 bits per heavy atom. The van der Waals surface area contributed by atoms with Gasteiger partial charge >= 0.3 is 0 Å². The molecule has 3 nitrogen and oxygen atoms in total. The van der Waals surface area contributed by atoms with Crippen molar-refractivity contribution < 1.29 is 8.91 Å². The number of rotatable bonds is 4. The molecule has 0 radical (unpaired) electrons. The summed E-state index contributed by atoms with van der Waals surface area (Å²) < 4.78 is 18.6. The lowest BCUT2D eigenvalue weighted by atomic mass is 9.96. The van der Waals surface area contributed by atoms with E-state index in [4.69, 9.17) is 10.3 Å². The average molecular weight is 248 g/mol. The van der Waals surface area contributed by atoms with E-state index >= 15 is 0 Å². The second-order valence-electron chi connectivity index (χ2n) is 4.51. The number of aromatic nitrogens is 1. The van der Waals surface area contributed by atoms with Crippen LogP contribution in [0.3, 0.4) is 0 Å². The Bertz CT molecular complexity index is 536. The van der Waals surface area contributed by atoms with Gasteiger partial charge in [0, 0.05) is 5.92 Å². The van der Waals surface area contributed by atoms with E-state index in [2.05, 4.69) is 19.0 Å². The fraction of sp³-hybridized carbons (Fsp3) is 0.357. The van der Waals surface area contributed by atoms with Crippen molar-refractivity contribution in [2.75, 3.05) is 5.73 Å². The summed E-state index contributed by atoms with van der Waals surface area (Å²) in [7, 11) is 0. The van der Waals surface area contributed by atoms with Gasteiger partial charge in [-0.3, -0.25) is 0 Å². The number of nitrogen functional groups attached to an aromatic ring is 1. The largest absolute Gasteiger partial charge is 0.380 e. The van der Waals surface area contributed by atoms with Crippen molar-refractivity contribution >= 4 is 5.82 Å². The minimum Gasteiger partial charge on any atom is -0.380 e. The first kappa shape index (κ1) is 12.6. The van der Waals surface area contributed by atoms with Gasteiger partial charge in [0.15, 0.2) is 5.82 Å². The van der Waals surface area contributed by atoms with E-state index in [0.717, 1.165) is 24.2 Å². The number of halogens is 1. The quantitative estimate of drug-likeness (QED) is 0.890. The van der Waals surface area contributed by atoms with Crippen LogP contribution in [-0.4, -0.2) is 5.16 Å². The summed E-state index contributed by atoms with van der Waals surface area (Å²) in [6, 6.07) is 6.33. The van der Waals surface area contributed by atoms with Crippen LogP contribution in [0, 0.1) is 5.82 Å². The predicted octanol–water partition coefficient (Wildman–Crippen LogP) is 3.97. The smallest absolute Gasteiger partial charge is 0.175 e. The Balaban J connectivity index is 2.47. The van der Waals surface area contributed by atoms with Crippen LogP contribution in [0.15, 0.2) is 28.8 Å². The van der Waals surface area contributed by atoms with E-state index in [1.54, 1.807) is 6.07 Å². The van der Waals surface area contributed by atoms with Gasteiger partial charge in [0.2, 0.25) is 0 Å². The predicted molar refractivity (Wildman–Crippen MR) is 69.6 cm³/mol. The van der Waals surface area contributed by atoms with Crippen LogP contribution >= 0.6 is 0 Å². The lowest BCUT2D eigenvalue weighted by Gasteiger charge is -2.09. The molecule has 1 heterocycles. The molecule has 0 bridgehead atoms. The van der Waals surface area contributed by atoms with E-state index in [0.29, 0.717) is 11.4 Å². The molecule has 0 aliphatic rings. The van der Waals surface area contributed by atoms with Crippen LogP contribution in [0.1, 0.15) is 38.4 Å². The SMILES string of the molecule is CCCC(C)c1onc(N)c1-c1cccc(F)c1. The zero-order chi connectivity index (χ0) is 13.1. The first-order valence-corrected chi connectivity index (χ1v) is 6.14. The summed E-state index contributed by atoms with van der Waals surface area (Å²) in [6.45, 7) is 4.17. The lowest BCUT2D eigenvalue weighted by molar-refractivity contribution is 0.362. The molecule has 0 fully saturated rings. The topological polar surface area (TPSA) is 52.0 Å². The summed E-state index contributed by atoms with van der Waals surface area (Å²) in [4.78, 5) is 0. The molecule has 1 atom stereocenters. The van der Waals surface area contributed by atoms with Crippen LogP contribution in [-0.2, 0) is 0 Å². The highest BCUT2D eigenvalue weighted by molar-refractivity contribution is 5.75. The molecule has 0 spiro atoms. The van der Waals surface area contributed by atoms with Crippen molar-refractivity contribution in [2.24, 2.45) is 0 Å². The molecular weight excluding hydrogens is 231 g/mol. The van der Waals surface area contributed by atoms with Crippen molar-refractivity contribution in [1.29, 1.82) is 0 Å². The summed E-state index contributed by atoms with van der Waals surface area (Å²) in [5, 5.41) is 3.81. The first-order valence-electron chi connectivity index (χ1n) is 6.14. The van der Waals surface area contributed by atoms with E-state index in [9.17, 15) is 4.39 Å². The van der Waals surface area contributed by atoms with Crippen LogP contribution in [0.25, 0.3) is 11.1 Å². The maximum atomic E-state index is 13.3. The third kappa shape index (κ3) is 2.37. The molecule has 1 aromatic heterocycles. The van der Waals surface area contributed by atoms with Gasteiger partial charge in [0.1, 0.15) is 11.6 Å². The second-order valence-corrected chi connectivity index (χ2v) is 4.51. The van der Waals surface area contributed by atoms with Gasteiger partial charge in [0.05, 0.1) is 5.56 Å². The van der Waals surface area contributed by atoms with Crippen LogP contribution in [0.5, 0.6) is 0 Å². The molecular formula is C14H17FN2O. The van der Waals surface area contributed by atoms with Crippen LogP contribution in [0.4, 0.5) is 10.2 Å². The molecule has 2 N–H and O–H groups in total. The van der Waals surface area contributed by atoms with Gasteiger partial charge in [0.25, 0.3) is 0 Å². The molecule has 4 heteroatoms. The Hall–Kier alpha value is -1.84. The number of hydrogen-bond donors (Lipinski definition) is 1. The molecule has 18 heavy (non-hydrogen) atoms. The van der Waals surface area contributed by atoms with Gasteiger partial charge in [-0.15, -0.1) is 0 Å². The monoisotopic (exact) mass is 248 g/mol. The van der Waals surface area contributed by atoms with Gasteiger partial charge in [-0.25, -0.2) is 4.39 Å². The Labute approximate surface area is 106 Å². The van der Waals surface area contributed by atoms with E-state index in [1.165, 1.54) is 12.1 Å². The number of nitrogens with two attached hydrogens (primary N) is 1. The third-order valence-corrected chi connectivity index (χ3v) is 3.03. The van der Waals surface area contributed by atoms with Gasteiger partial charge < -0.3 is 10.3 Å². The number of anilines is 1. The van der Waals surface area contributed by atoms with Gasteiger partial charge in [-0.2, -0.15) is 0 Å². The zero-order valence-corrected chi connectivity index (χ0v) is 10.6. The molecule has 2 aromatic rings. The highest BCUT2D eigenvalue weighted by atomic mass is 19.1. The lowest BCUT2D eigenvalue weighted by Crippen LogP contribution is -1.95. The second kappa shape index (κ2) is 5.21. The molecule has 0 amide bonds. The molecule has 1 unspecified atom stereocenters. The van der Waals surface area contributed by atoms with E-state index < -0.39 is 0 Å². The summed E-state index contributed by atoms with van der Waals surface area (Å²) in [6.07, 6.45) is 2.03. The zero-order valence-electron chi connectivity index (χ0n) is 10.6. The first-order chi connectivity index (χ1) is 8.63. The Morgan fingerprint density at radius 2 is 2.22 bits per heavy atom. The minimum absolute atomic E-state index is 0.220. The normalized spacial score (nSPS) is 12.6. The fourth-order valence-corrected chi connectivity index (χ4v) is 2.15. The summed E-state index contributed by atoms with van der Waals surface area (Å²) >= 11 is 0. The van der Waals surface area contributed by atoms with Crippen molar-refractivity contribution in [2.45, 2.75) is 32.6 Å². The number of nitrogens with zero attached hydrogens (tertiary/aromatic N) is 1. The van der Waals surface area contributed by atoms with Crippen molar-refractivity contribution in [1.82, 2.24) is 5.16 Å². The van der Waals surface area contributed by atoms with Crippen LogP contribution < -0.4 is 5.73 Å². The Kier molecular flexibility index (Phi) is 3.65.